The Labute approximate surface area is 144 Å². The van der Waals surface area contributed by atoms with Gasteiger partial charge in [-0.3, -0.25) is 0 Å². The van der Waals surface area contributed by atoms with E-state index in [1.165, 1.54) is 6.20 Å². The maximum absolute atomic E-state index is 13.8. The molecule has 2 aromatic rings. The van der Waals surface area contributed by atoms with Gasteiger partial charge in [0.05, 0.1) is 32.5 Å². The highest BCUT2D eigenvalue weighted by Gasteiger charge is 2.28. The van der Waals surface area contributed by atoms with Crippen molar-refractivity contribution in [2.24, 2.45) is 0 Å². The predicted molar refractivity (Wildman–Crippen MR) is 86.9 cm³/mol. The van der Waals surface area contributed by atoms with Crippen molar-refractivity contribution in [3.8, 4) is 0 Å². The molecule has 136 valence electrons. The second-order valence-electron chi connectivity index (χ2n) is 5.79. The lowest BCUT2D eigenvalue weighted by Crippen LogP contribution is -2.40. The third-order valence-corrected chi connectivity index (χ3v) is 3.84. The molecule has 11 heteroatoms. The van der Waals surface area contributed by atoms with E-state index in [-0.39, 0.29) is 11.9 Å². The van der Waals surface area contributed by atoms with Crippen molar-refractivity contribution >= 4 is 11.8 Å². The quantitative estimate of drug-likeness (QED) is 0.706. The molecule has 0 aliphatic carbocycles. The van der Waals surface area contributed by atoms with E-state index in [1.54, 1.807) is 30.8 Å². The first kappa shape index (κ1) is 17.4. The number of anilines is 2. The van der Waals surface area contributed by atoms with Gasteiger partial charge in [0.1, 0.15) is 6.10 Å². The first-order valence-corrected chi connectivity index (χ1v) is 7.91. The molecule has 0 spiro atoms. The number of nitrogens with zero attached hydrogens (tertiary/aromatic N) is 8. The summed E-state index contributed by atoms with van der Waals surface area (Å²) in [6.07, 6.45) is 0.863. The van der Waals surface area contributed by atoms with Gasteiger partial charge in [0.2, 0.25) is 5.95 Å². The molecule has 0 radical (unpaired) electrons. The zero-order valence-corrected chi connectivity index (χ0v) is 14.5. The number of tetrazole rings is 1. The third kappa shape index (κ3) is 3.82. The van der Waals surface area contributed by atoms with Crippen molar-refractivity contribution < 1.29 is 13.9 Å². The fraction of sp³-hybridized carbons (Fsp3) is 0.643. The number of hydrogen-bond acceptors (Lipinski definition) is 9. The summed E-state index contributed by atoms with van der Waals surface area (Å²) in [4.78, 5) is 12.0. The number of ether oxygens (including phenoxy) is 2. The van der Waals surface area contributed by atoms with Gasteiger partial charge in [-0.25, -0.2) is 14.1 Å². The first-order valence-electron chi connectivity index (χ1n) is 7.91. The largest absolute Gasteiger partial charge is 0.383 e. The lowest BCUT2D eigenvalue weighted by atomic mass is 10.2. The molecule has 3 heterocycles. The summed E-state index contributed by atoms with van der Waals surface area (Å²) in [5, 5.41) is 11.7. The molecule has 2 aromatic heterocycles. The Hall–Kier alpha value is -2.40. The van der Waals surface area contributed by atoms with E-state index in [9.17, 15) is 4.39 Å². The molecular weight excluding hydrogens is 331 g/mol. The van der Waals surface area contributed by atoms with Crippen molar-refractivity contribution in [2.45, 2.75) is 12.6 Å². The van der Waals surface area contributed by atoms with Gasteiger partial charge in [0.15, 0.2) is 17.5 Å². The molecular formula is C14H21FN8O2. The molecule has 0 bridgehead atoms. The summed E-state index contributed by atoms with van der Waals surface area (Å²) in [5.41, 5.74) is 0. The maximum Gasteiger partial charge on any atom is 0.227 e. The van der Waals surface area contributed by atoms with Gasteiger partial charge in [-0.15, -0.1) is 5.10 Å². The van der Waals surface area contributed by atoms with Crippen LogP contribution in [0.2, 0.25) is 0 Å². The van der Waals surface area contributed by atoms with Crippen LogP contribution in [-0.2, 0) is 16.0 Å². The van der Waals surface area contributed by atoms with E-state index in [1.807, 2.05) is 4.90 Å². The van der Waals surface area contributed by atoms with Crippen molar-refractivity contribution in [2.75, 3.05) is 57.3 Å². The first-order chi connectivity index (χ1) is 12.1. The van der Waals surface area contributed by atoms with E-state index >= 15 is 0 Å². The topological polar surface area (TPSA) is 94.3 Å². The van der Waals surface area contributed by atoms with Crippen LogP contribution in [0.3, 0.4) is 0 Å². The minimum absolute atomic E-state index is 0.248. The summed E-state index contributed by atoms with van der Waals surface area (Å²) in [6, 6.07) is 0. The molecule has 0 N–H and O–H groups in total. The lowest BCUT2D eigenvalue weighted by molar-refractivity contribution is 0.0294. The van der Waals surface area contributed by atoms with Crippen LogP contribution < -0.4 is 9.80 Å². The standard InChI is InChI=1S/C14H21FN8O2/c1-21(2)12-10(15)8-16-14(17-12)22-4-7-25-11(9-22)13-18-19-20-23(13)5-6-24-3/h8,11H,4-7,9H2,1-3H3. The minimum Gasteiger partial charge on any atom is -0.383 e. The molecule has 0 amide bonds. The van der Waals surface area contributed by atoms with E-state index in [4.69, 9.17) is 9.47 Å². The van der Waals surface area contributed by atoms with Crippen LogP contribution in [0.4, 0.5) is 16.2 Å². The van der Waals surface area contributed by atoms with Gasteiger partial charge in [-0.2, -0.15) is 4.98 Å². The average molecular weight is 352 g/mol. The summed E-state index contributed by atoms with van der Waals surface area (Å²) >= 11 is 0. The van der Waals surface area contributed by atoms with Gasteiger partial charge in [0, 0.05) is 27.7 Å². The summed E-state index contributed by atoms with van der Waals surface area (Å²) < 4.78 is 26.3. The molecule has 25 heavy (non-hydrogen) atoms. The summed E-state index contributed by atoms with van der Waals surface area (Å²) in [5.74, 6) is 0.867. The molecule has 3 rings (SSSR count). The second kappa shape index (κ2) is 7.66. The molecule has 1 atom stereocenters. The fourth-order valence-electron chi connectivity index (χ4n) is 2.58. The van der Waals surface area contributed by atoms with Gasteiger partial charge >= 0.3 is 0 Å². The Bertz CT molecular complexity index is 710. The van der Waals surface area contributed by atoms with Crippen molar-refractivity contribution in [1.82, 2.24) is 30.2 Å². The zero-order valence-electron chi connectivity index (χ0n) is 14.5. The Balaban J connectivity index is 1.78. The minimum atomic E-state index is -0.456. The maximum atomic E-state index is 13.8. The van der Waals surface area contributed by atoms with Crippen LogP contribution in [0.25, 0.3) is 0 Å². The van der Waals surface area contributed by atoms with Crippen LogP contribution in [0.15, 0.2) is 6.20 Å². The molecule has 0 saturated carbocycles. The second-order valence-corrected chi connectivity index (χ2v) is 5.79. The van der Waals surface area contributed by atoms with E-state index in [0.717, 1.165) is 0 Å². The van der Waals surface area contributed by atoms with Crippen molar-refractivity contribution in [3.05, 3.63) is 17.8 Å². The number of methoxy groups -OCH3 is 1. The van der Waals surface area contributed by atoms with Gasteiger partial charge in [-0.05, 0) is 10.4 Å². The smallest absolute Gasteiger partial charge is 0.227 e. The van der Waals surface area contributed by atoms with E-state index in [2.05, 4.69) is 25.5 Å². The van der Waals surface area contributed by atoms with Gasteiger partial charge in [0.25, 0.3) is 0 Å². The van der Waals surface area contributed by atoms with Crippen LogP contribution in [0.5, 0.6) is 0 Å². The highest BCUT2D eigenvalue weighted by Crippen LogP contribution is 2.24. The number of halogens is 1. The van der Waals surface area contributed by atoms with Gasteiger partial charge in [-0.1, -0.05) is 0 Å². The molecule has 1 unspecified atom stereocenters. The van der Waals surface area contributed by atoms with Crippen molar-refractivity contribution in [3.63, 3.8) is 0 Å². The normalized spacial score (nSPS) is 17.8. The molecule has 1 saturated heterocycles. The average Bonchev–Trinajstić information content (AvgIpc) is 3.08. The van der Waals surface area contributed by atoms with Gasteiger partial charge < -0.3 is 19.3 Å². The van der Waals surface area contributed by atoms with E-state index in [0.29, 0.717) is 44.6 Å². The fourth-order valence-corrected chi connectivity index (χ4v) is 2.58. The number of morpholine rings is 1. The number of rotatable bonds is 6. The van der Waals surface area contributed by atoms with Crippen molar-refractivity contribution in [1.29, 1.82) is 0 Å². The molecule has 1 aliphatic rings. The molecule has 1 aliphatic heterocycles. The Morgan fingerprint density at radius 2 is 2.28 bits per heavy atom. The van der Waals surface area contributed by atoms with Crippen LogP contribution in [-0.4, -0.2) is 77.7 Å². The third-order valence-electron chi connectivity index (χ3n) is 3.84. The monoisotopic (exact) mass is 352 g/mol. The van der Waals surface area contributed by atoms with Crippen LogP contribution in [0.1, 0.15) is 11.9 Å². The Kier molecular flexibility index (Phi) is 5.34. The lowest BCUT2D eigenvalue weighted by Gasteiger charge is -2.32. The Morgan fingerprint density at radius 1 is 1.44 bits per heavy atom. The highest BCUT2D eigenvalue weighted by molar-refractivity contribution is 5.44. The predicted octanol–water partition coefficient (Wildman–Crippen LogP) is -0.107. The van der Waals surface area contributed by atoms with Crippen LogP contribution in [0, 0.1) is 5.82 Å². The number of aromatic nitrogens is 6. The summed E-state index contributed by atoms with van der Waals surface area (Å²) in [6.45, 7) is 2.60. The molecule has 0 aromatic carbocycles. The zero-order chi connectivity index (χ0) is 17.8. The molecule has 1 fully saturated rings. The molecule has 10 nitrogen and oxygen atoms in total. The highest BCUT2D eigenvalue weighted by atomic mass is 19.1. The number of hydrogen-bond donors (Lipinski definition) is 0. The SMILES string of the molecule is COCCn1nnnc1C1CN(c2ncc(F)c(N(C)C)n2)CCO1. The Morgan fingerprint density at radius 3 is 3.04 bits per heavy atom. The van der Waals surface area contributed by atoms with Crippen LogP contribution >= 0.6 is 0 Å². The van der Waals surface area contributed by atoms with E-state index < -0.39 is 5.82 Å². The summed E-state index contributed by atoms with van der Waals surface area (Å²) in [7, 11) is 5.10.